The second kappa shape index (κ2) is 11.3. The number of nitrogens with zero attached hydrogens (tertiary/aromatic N) is 6. The summed E-state index contributed by atoms with van der Waals surface area (Å²) in [5.74, 6) is 0.0545. The predicted molar refractivity (Wildman–Crippen MR) is 179 cm³/mol. The molecule has 1 unspecified atom stereocenters. The molecule has 2 aromatic heterocycles. The molecule has 46 heavy (non-hydrogen) atoms. The van der Waals surface area contributed by atoms with E-state index in [2.05, 4.69) is 21.9 Å². The summed E-state index contributed by atoms with van der Waals surface area (Å²) in [5, 5.41) is 11.4. The summed E-state index contributed by atoms with van der Waals surface area (Å²) in [5.41, 5.74) is 4.98. The van der Waals surface area contributed by atoms with Gasteiger partial charge in [0, 0.05) is 59.3 Å². The minimum absolute atomic E-state index is 0.00834. The van der Waals surface area contributed by atoms with Gasteiger partial charge >= 0.3 is 5.69 Å². The Morgan fingerprint density at radius 3 is 2.76 bits per heavy atom. The SMILES string of the molecule is C=CC(=O)N1CCN(c2nc(=O)n(-c3c(C(C)C)ncc4c3CCC4)c3c4c(c(C#N)cc23)-c2c(ccc(P)c2F)CO4)[C@@H](C)C1. The Labute approximate surface area is 268 Å². The minimum Gasteiger partial charge on any atom is -0.486 e. The minimum atomic E-state index is -0.509. The van der Waals surface area contributed by atoms with Gasteiger partial charge < -0.3 is 14.5 Å². The van der Waals surface area contributed by atoms with Crippen LogP contribution in [0.1, 0.15) is 61.1 Å². The monoisotopic (exact) mass is 636 g/mol. The summed E-state index contributed by atoms with van der Waals surface area (Å²) >= 11 is 0. The molecular weight excluding hydrogens is 602 g/mol. The van der Waals surface area contributed by atoms with Crippen molar-refractivity contribution in [3.8, 4) is 28.6 Å². The van der Waals surface area contributed by atoms with Crippen LogP contribution in [-0.2, 0) is 24.2 Å². The van der Waals surface area contributed by atoms with E-state index < -0.39 is 11.5 Å². The van der Waals surface area contributed by atoms with E-state index in [0.717, 1.165) is 36.1 Å². The molecule has 1 aliphatic carbocycles. The third kappa shape index (κ3) is 4.52. The van der Waals surface area contributed by atoms with Crippen molar-refractivity contribution >= 4 is 37.2 Å². The molecule has 0 radical (unpaired) electrons. The predicted octanol–water partition coefficient (Wildman–Crippen LogP) is 4.69. The number of hydrogen-bond acceptors (Lipinski definition) is 7. The first kappa shape index (κ1) is 30.1. The average Bonchev–Trinajstić information content (AvgIpc) is 3.54. The van der Waals surface area contributed by atoms with Gasteiger partial charge in [-0.3, -0.25) is 14.3 Å². The number of pyridine rings is 1. The Hall–Kier alpha value is -4.61. The lowest BCUT2D eigenvalue weighted by molar-refractivity contribution is -0.126. The van der Waals surface area contributed by atoms with Crippen molar-refractivity contribution < 1.29 is 13.9 Å². The van der Waals surface area contributed by atoms with Crippen LogP contribution in [0.5, 0.6) is 5.75 Å². The van der Waals surface area contributed by atoms with Crippen molar-refractivity contribution in [3.63, 3.8) is 0 Å². The molecule has 7 rings (SSSR count). The van der Waals surface area contributed by atoms with Crippen LogP contribution in [0.2, 0.25) is 0 Å². The number of benzene rings is 2. The summed E-state index contributed by atoms with van der Waals surface area (Å²) in [6.45, 7) is 11.0. The first-order chi connectivity index (χ1) is 22.1. The number of rotatable bonds is 4. The molecular formula is C35H34FN6O3P. The van der Waals surface area contributed by atoms with Gasteiger partial charge in [0.1, 0.15) is 23.8 Å². The van der Waals surface area contributed by atoms with E-state index in [0.29, 0.717) is 64.0 Å². The quantitative estimate of drug-likeness (QED) is 0.237. The zero-order valence-electron chi connectivity index (χ0n) is 26.1. The Kier molecular flexibility index (Phi) is 7.40. The van der Waals surface area contributed by atoms with Crippen molar-refractivity contribution in [2.75, 3.05) is 24.5 Å². The summed E-state index contributed by atoms with van der Waals surface area (Å²) in [6.07, 6.45) is 5.80. The fourth-order valence-electron chi connectivity index (χ4n) is 7.23. The summed E-state index contributed by atoms with van der Waals surface area (Å²) in [6, 6.07) is 7.27. The number of hydrogen-bond donors (Lipinski definition) is 0. The Morgan fingerprint density at radius 1 is 1.24 bits per heavy atom. The van der Waals surface area contributed by atoms with Gasteiger partial charge in [0.2, 0.25) is 5.91 Å². The number of amides is 1. The number of halogens is 1. The molecule has 1 saturated heterocycles. The van der Waals surface area contributed by atoms with E-state index in [1.807, 2.05) is 31.9 Å². The molecule has 0 bridgehead atoms. The second-order valence-corrected chi connectivity index (χ2v) is 13.1. The van der Waals surface area contributed by atoms with Crippen LogP contribution in [-0.4, -0.2) is 51.0 Å². The highest BCUT2D eigenvalue weighted by Crippen LogP contribution is 2.48. The molecule has 9 nitrogen and oxygen atoms in total. The normalized spacial score (nSPS) is 16.9. The molecule has 4 heterocycles. The van der Waals surface area contributed by atoms with Gasteiger partial charge in [-0.1, -0.05) is 32.6 Å². The van der Waals surface area contributed by atoms with Crippen LogP contribution >= 0.6 is 9.24 Å². The number of anilines is 1. The van der Waals surface area contributed by atoms with E-state index in [4.69, 9.17) is 14.7 Å². The number of nitriles is 1. The number of ether oxygens (including phenoxy) is 1. The van der Waals surface area contributed by atoms with Gasteiger partial charge in [0.15, 0.2) is 5.75 Å². The van der Waals surface area contributed by atoms with Gasteiger partial charge in [0.25, 0.3) is 0 Å². The van der Waals surface area contributed by atoms with Crippen LogP contribution in [0.4, 0.5) is 10.2 Å². The number of aromatic nitrogens is 3. The molecule has 234 valence electrons. The fraction of sp³-hybridized carbons (Fsp3) is 0.343. The molecule has 11 heteroatoms. The van der Waals surface area contributed by atoms with Crippen molar-refractivity contribution in [2.45, 2.75) is 58.6 Å². The maximum atomic E-state index is 16.0. The van der Waals surface area contributed by atoms with Crippen LogP contribution < -0.4 is 20.6 Å². The molecule has 2 atom stereocenters. The van der Waals surface area contributed by atoms with Gasteiger partial charge in [-0.05, 0) is 55.4 Å². The van der Waals surface area contributed by atoms with E-state index >= 15 is 4.39 Å². The van der Waals surface area contributed by atoms with Crippen molar-refractivity contribution in [1.29, 1.82) is 5.26 Å². The number of fused-ring (bicyclic) bond motifs is 6. The van der Waals surface area contributed by atoms with Gasteiger partial charge in [-0.15, -0.1) is 9.24 Å². The van der Waals surface area contributed by atoms with Gasteiger partial charge in [0.05, 0.1) is 23.0 Å². The molecule has 4 aromatic rings. The third-order valence-electron chi connectivity index (χ3n) is 9.42. The molecule has 0 N–H and O–H groups in total. The molecule has 2 aliphatic heterocycles. The number of carbonyl (C=O) groups excluding carboxylic acids is 1. The molecule has 1 amide bonds. The lowest BCUT2D eigenvalue weighted by Crippen LogP contribution is -2.54. The molecule has 3 aliphatic rings. The molecule has 2 aromatic carbocycles. The largest absolute Gasteiger partial charge is 0.486 e. The average molecular weight is 637 g/mol. The first-order valence-corrected chi connectivity index (χ1v) is 16.1. The Balaban J connectivity index is 1.60. The van der Waals surface area contributed by atoms with Gasteiger partial charge in [-0.2, -0.15) is 10.2 Å². The first-order valence-electron chi connectivity index (χ1n) is 15.6. The Morgan fingerprint density at radius 2 is 2.04 bits per heavy atom. The zero-order valence-corrected chi connectivity index (χ0v) is 27.2. The highest BCUT2D eigenvalue weighted by molar-refractivity contribution is 7.27. The maximum Gasteiger partial charge on any atom is 0.354 e. The van der Waals surface area contributed by atoms with Crippen molar-refractivity contribution in [1.82, 2.24) is 19.4 Å². The highest BCUT2D eigenvalue weighted by atomic mass is 31.0. The summed E-state index contributed by atoms with van der Waals surface area (Å²) in [4.78, 5) is 40.2. The summed E-state index contributed by atoms with van der Waals surface area (Å²) < 4.78 is 24.0. The van der Waals surface area contributed by atoms with Crippen LogP contribution in [0.25, 0.3) is 27.7 Å². The third-order valence-corrected chi connectivity index (χ3v) is 9.86. The van der Waals surface area contributed by atoms with Crippen molar-refractivity contribution in [3.05, 3.63) is 81.3 Å². The Bertz CT molecular complexity index is 2080. The van der Waals surface area contributed by atoms with Crippen LogP contribution in [0, 0.1) is 17.1 Å². The van der Waals surface area contributed by atoms with E-state index in [1.165, 1.54) is 6.08 Å². The van der Waals surface area contributed by atoms with Crippen molar-refractivity contribution in [2.24, 2.45) is 0 Å². The number of aryl methyl sites for hydroxylation is 1. The molecule has 0 spiro atoms. The maximum absolute atomic E-state index is 16.0. The van der Waals surface area contributed by atoms with E-state index in [1.54, 1.807) is 27.7 Å². The molecule has 0 saturated carbocycles. The van der Waals surface area contributed by atoms with E-state index in [-0.39, 0.29) is 35.8 Å². The number of piperazine rings is 1. The highest BCUT2D eigenvalue weighted by Gasteiger charge is 2.35. The second-order valence-electron chi connectivity index (χ2n) is 12.5. The lowest BCUT2D eigenvalue weighted by atomic mass is 9.90. The summed E-state index contributed by atoms with van der Waals surface area (Å²) in [7, 11) is 2.42. The van der Waals surface area contributed by atoms with Crippen LogP contribution in [0.15, 0.2) is 41.8 Å². The van der Waals surface area contributed by atoms with Crippen LogP contribution in [0.3, 0.4) is 0 Å². The lowest BCUT2D eigenvalue weighted by Gasteiger charge is -2.40. The number of carbonyl (C=O) groups is 1. The van der Waals surface area contributed by atoms with E-state index in [9.17, 15) is 14.9 Å². The fourth-order valence-corrected chi connectivity index (χ4v) is 7.47. The van der Waals surface area contributed by atoms with Gasteiger partial charge in [-0.25, -0.2) is 9.18 Å². The molecule has 1 fully saturated rings. The zero-order chi connectivity index (χ0) is 32.4. The smallest absolute Gasteiger partial charge is 0.354 e. The standard InChI is InChI=1S/C35H34FN6O3P/c1-5-26(43)40-11-12-41(19(4)16-40)34-24-13-22(14-37)28-27-21(9-10-25(46)29(27)36)17-45-33(28)32(24)42(35(44)39-34)31-23-8-6-7-20(23)15-38-30(31)18(2)3/h5,9-10,13,15,18-19H,1,6-8,11-12,16-17,46H2,2-4H3/t19-/m0/s1. The topological polar surface area (TPSA) is 104 Å².